The fourth-order valence-corrected chi connectivity index (χ4v) is 22.0. The van der Waals surface area contributed by atoms with Crippen LogP contribution in [0.4, 0.5) is 0 Å². The topological polar surface area (TPSA) is 103 Å². The van der Waals surface area contributed by atoms with Crippen molar-refractivity contribution in [1.29, 1.82) is 0 Å². The number of aromatic nitrogens is 8. The summed E-state index contributed by atoms with van der Waals surface area (Å²) >= 11 is 0. The molecule has 0 bridgehead atoms. The second-order valence-corrected chi connectivity index (χ2v) is 41.3. The van der Waals surface area contributed by atoms with Crippen LogP contribution in [0.5, 0.6) is 0 Å². The van der Waals surface area contributed by atoms with E-state index in [1.807, 2.05) is 0 Å². The Balaban J connectivity index is 0.000000174. The lowest BCUT2D eigenvalue weighted by Crippen LogP contribution is -2.01. The van der Waals surface area contributed by atoms with Crippen LogP contribution < -0.4 is 0 Å². The molecule has 0 saturated heterocycles. The van der Waals surface area contributed by atoms with Crippen LogP contribution in [0.2, 0.25) is 0 Å². The lowest BCUT2D eigenvalue weighted by atomic mass is 9.89. The van der Waals surface area contributed by atoms with Gasteiger partial charge in [0.15, 0.2) is 0 Å². The molecule has 8 heteroatoms. The van der Waals surface area contributed by atoms with E-state index in [1.54, 1.807) is 0 Å². The lowest BCUT2D eigenvalue weighted by Gasteiger charge is -2.18. The highest BCUT2D eigenvalue weighted by atomic mass is 14.8. The molecule has 0 fully saturated rings. The Kier molecular flexibility index (Phi) is 33.1. The molecule has 8 aromatic carbocycles. The molecule has 8 aromatic heterocycles. The summed E-state index contributed by atoms with van der Waals surface area (Å²) < 4.78 is 0. The maximum Gasteiger partial charge on any atom is 0.0742 e. The van der Waals surface area contributed by atoms with Gasteiger partial charge in [-0.25, -0.2) is 0 Å². The van der Waals surface area contributed by atoms with Gasteiger partial charge < -0.3 is 0 Å². The Bertz CT molecular complexity index is 6630. The molecule has 0 radical (unpaired) electrons. The van der Waals surface area contributed by atoms with Gasteiger partial charge in [-0.15, -0.1) is 0 Å². The predicted molar refractivity (Wildman–Crippen MR) is 599 cm³/mol. The quantitative estimate of drug-likeness (QED) is 0.148. The molecule has 16 aromatic rings. The van der Waals surface area contributed by atoms with Gasteiger partial charge in [0.2, 0.25) is 0 Å². The van der Waals surface area contributed by atoms with Crippen LogP contribution in [-0.4, -0.2) is 39.9 Å². The SMILES string of the molecule is Cc1nc(C)c2c(C)c(C)c(C)c(C)c2c1C.Cc1nc(C)c2c(C)c(C)c(C)c(C)c2c1C.Cc1nc(C)c2c(C)c(C)c(C)c(C)c2c1C.Cc1nc(C)c2c(C)c(C)c(C)c(C)c2c1C.Cc1nc(C)c2c(C)c(C)c(C)c(C)c2c1C.Cc1nc(C)c2c(C)c(C)c(C)c(C)c2c1C.Cc1nc2c(C)c(C)c(C)c(C)c2c(C)c1C.Cc1nc2c(C)c(C)c(C)c(C)c2c(C)c1C. The fourth-order valence-electron chi connectivity index (χ4n) is 22.0. The van der Waals surface area contributed by atoms with Gasteiger partial charge >= 0.3 is 0 Å². The Morgan fingerprint density at radius 3 is 0.294 bits per heavy atom. The second kappa shape index (κ2) is 41.4. The van der Waals surface area contributed by atoms with Crippen molar-refractivity contribution in [2.24, 2.45) is 0 Å². The van der Waals surface area contributed by atoms with E-state index in [-0.39, 0.29) is 0 Å². The third-order valence-corrected chi connectivity index (χ3v) is 34.6. The van der Waals surface area contributed by atoms with Crippen molar-refractivity contribution in [1.82, 2.24) is 39.9 Å². The summed E-state index contributed by atoms with van der Waals surface area (Å²) in [5, 5.41) is 19.3. The molecule has 0 atom stereocenters. The average Bonchev–Trinajstić information content (AvgIpc) is 0.747. The van der Waals surface area contributed by atoms with Gasteiger partial charge in [0.05, 0.1) is 11.0 Å². The highest BCUT2D eigenvalue weighted by Crippen LogP contribution is 2.43. The number of rotatable bonds is 0. The molecule has 0 N–H and O–H groups in total. The molecular formula is C128H168N8. The molecule has 0 aliphatic heterocycles. The molecule has 8 heterocycles. The van der Waals surface area contributed by atoms with Gasteiger partial charge in [-0.2, -0.15) is 0 Å². The van der Waals surface area contributed by atoms with E-state index in [9.17, 15) is 0 Å². The third kappa shape index (κ3) is 19.2. The second-order valence-electron chi connectivity index (χ2n) is 41.3. The molecule has 0 unspecified atom stereocenters. The summed E-state index contributed by atoms with van der Waals surface area (Å²) in [5.41, 5.74) is 76.7. The third-order valence-electron chi connectivity index (χ3n) is 34.6. The van der Waals surface area contributed by atoms with Gasteiger partial charge in [0, 0.05) is 123 Å². The molecule has 136 heavy (non-hydrogen) atoms. The van der Waals surface area contributed by atoms with Crippen molar-refractivity contribution in [2.45, 2.75) is 388 Å². The van der Waals surface area contributed by atoms with Crippen LogP contribution in [0, 0.1) is 388 Å². The van der Waals surface area contributed by atoms with Crippen LogP contribution >= 0.6 is 0 Å². The molecule has 720 valence electrons. The highest BCUT2D eigenvalue weighted by molar-refractivity contribution is 6.01. The minimum Gasteiger partial charge on any atom is -0.258 e. The van der Waals surface area contributed by atoms with Crippen LogP contribution in [0.1, 0.15) is 313 Å². The molecular weight excluding hydrogens is 1650 g/mol. The predicted octanol–water partition coefficient (Wildman–Crippen LogP) is 35.1. The van der Waals surface area contributed by atoms with Crippen LogP contribution in [0.15, 0.2) is 0 Å². The average molecular weight is 1820 g/mol. The molecule has 0 saturated carbocycles. The molecule has 8 nitrogen and oxygen atoms in total. The first-order chi connectivity index (χ1) is 62.9. The maximum absolute atomic E-state index is 4.80. The summed E-state index contributed by atoms with van der Waals surface area (Å²) in [6, 6.07) is 0. The van der Waals surface area contributed by atoms with Gasteiger partial charge in [-0.1, -0.05) is 0 Å². The van der Waals surface area contributed by atoms with Crippen molar-refractivity contribution >= 4 is 86.4 Å². The minimum atomic E-state index is 1.15. The van der Waals surface area contributed by atoms with Gasteiger partial charge in [-0.05, 0) is 654 Å². The van der Waals surface area contributed by atoms with Gasteiger partial charge in [0.25, 0.3) is 0 Å². The summed E-state index contributed by atoms with van der Waals surface area (Å²) in [7, 11) is 0. The largest absolute Gasteiger partial charge is 0.258 e. The maximum atomic E-state index is 4.80. The Hall–Kier alpha value is -11.0. The molecule has 0 spiro atoms. The number of pyridine rings is 8. The molecule has 16 rings (SSSR count). The van der Waals surface area contributed by atoms with Crippen LogP contribution in [0.3, 0.4) is 0 Å². The van der Waals surface area contributed by atoms with Crippen LogP contribution in [-0.2, 0) is 0 Å². The van der Waals surface area contributed by atoms with Gasteiger partial charge in [-0.3, -0.25) is 39.9 Å². The van der Waals surface area contributed by atoms with Gasteiger partial charge in [0.1, 0.15) is 0 Å². The highest BCUT2D eigenvalue weighted by Gasteiger charge is 2.24. The summed E-state index contributed by atoms with van der Waals surface area (Å²) in [6.07, 6.45) is 0. The number of hydrogen-bond acceptors (Lipinski definition) is 8. The van der Waals surface area contributed by atoms with E-state index in [1.165, 1.54) is 320 Å². The standard InChI is InChI=1S/8C16H21N/c2*1-8-9(2)13(6)16-15(11(8)4)12(5)10(3)14(7)17-16;6*1-8-9(2)11(4)16-14(7)17-13(6)12(5)15(16)10(8)3/h8*1-7H3. The van der Waals surface area contributed by atoms with Crippen molar-refractivity contribution in [3.05, 3.63) is 313 Å². The number of nitrogens with zero attached hydrogens (tertiary/aromatic N) is 8. The Morgan fingerprint density at radius 1 is 0.0662 bits per heavy atom. The molecule has 0 aliphatic carbocycles. The molecule has 0 amide bonds. The van der Waals surface area contributed by atoms with Crippen molar-refractivity contribution in [2.75, 3.05) is 0 Å². The zero-order chi connectivity index (χ0) is 103. The lowest BCUT2D eigenvalue weighted by molar-refractivity contribution is 1.10. The first-order valence-corrected chi connectivity index (χ1v) is 49.6. The van der Waals surface area contributed by atoms with E-state index in [4.69, 9.17) is 9.97 Å². The number of hydrogen-bond donors (Lipinski definition) is 0. The zero-order valence-electron chi connectivity index (χ0n) is 95.6. The first kappa shape index (κ1) is 109. The van der Waals surface area contributed by atoms with E-state index < -0.39 is 0 Å². The summed E-state index contributed by atoms with van der Waals surface area (Å²) in [6.45, 7) is 122. The van der Waals surface area contributed by atoms with Crippen molar-refractivity contribution < 1.29 is 0 Å². The van der Waals surface area contributed by atoms with E-state index in [0.717, 1.165) is 79.7 Å². The molecule has 0 aliphatic rings. The van der Waals surface area contributed by atoms with E-state index >= 15 is 0 Å². The normalized spacial score (nSPS) is 11.2. The monoisotopic (exact) mass is 1820 g/mol. The van der Waals surface area contributed by atoms with Crippen LogP contribution in [0.25, 0.3) is 86.4 Å². The number of aryl methyl sites for hydroxylation is 38. The smallest absolute Gasteiger partial charge is 0.0742 e. The minimum absolute atomic E-state index is 1.15. The first-order valence-electron chi connectivity index (χ1n) is 49.6. The Morgan fingerprint density at radius 2 is 0.162 bits per heavy atom. The zero-order valence-corrected chi connectivity index (χ0v) is 95.6. The van der Waals surface area contributed by atoms with E-state index in [0.29, 0.717) is 0 Å². The fraction of sp³-hybridized carbons (Fsp3) is 0.438. The number of benzene rings is 8. The summed E-state index contributed by atoms with van der Waals surface area (Å²) in [5.74, 6) is 0. The van der Waals surface area contributed by atoms with Crippen molar-refractivity contribution in [3.63, 3.8) is 0 Å². The number of fused-ring (bicyclic) bond motifs is 8. The Labute approximate surface area is 822 Å². The summed E-state index contributed by atoms with van der Waals surface area (Å²) in [4.78, 5) is 37.6. The van der Waals surface area contributed by atoms with E-state index in [2.05, 4.69) is 418 Å². The van der Waals surface area contributed by atoms with Crippen molar-refractivity contribution in [3.8, 4) is 0 Å².